The van der Waals surface area contributed by atoms with E-state index in [-0.39, 0.29) is 0 Å². The molecular weight excluding hydrogens is 432 g/mol. The number of aryl methyl sites for hydroxylation is 1. The van der Waals surface area contributed by atoms with E-state index in [1.807, 2.05) is 29.2 Å². The number of aromatic nitrogens is 4. The summed E-state index contributed by atoms with van der Waals surface area (Å²) >= 11 is 0. The van der Waals surface area contributed by atoms with Crippen LogP contribution in [0.5, 0.6) is 0 Å². The van der Waals surface area contributed by atoms with E-state index in [0.717, 1.165) is 52.4 Å². The fourth-order valence-electron chi connectivity index (χ4n) is 5.21. The van der Waals surface area contributed by atoms with Gasteiger partial charge in [-0.2, -0.15) is 5.10 Å². The maximum Gasteiger partial charge on any atom is 0.162 e. The second-order valence-electron chi connectivity index (χ2n) is 10.5. The van der Waals surface area contributed by atoms with Gasteiger partial charge >= 0.3 is 0 Å². The predicted octanol–water partition coefficient (Wildman–Crippen LogP) is 5.98. The van der Waals surface area contributed by atoms with E-state index in [0.29, 0.717) is 0 Å². The zero-order chi connectivity index (χ0) is 24.2. The number of nitrogens with zero attached hydrogens (tertiary/aromatic N) is 6. The van der Waals surface area contributed by atoms with Crippen molar-refractivity contribution in [1.82, 2.24) is 24.5 Å². The monoisotopic (exact) mass is 470 g/mol. The Labute approximate surface area is 209 Å². The maximum atomic E-state index is 4.71. The molecule has 3 aromatic heterocycles. The molecule has 0 aliphatic carbocycles. The lowest BCUT2D eigenvalue weighted by molar-refractivity contribution is 0.327. The van der Waals surface area contributed by atoms with E-state index in [4.69, 9.17) is 4.98 Å². The topological polar surface area (TPSA) is 49.6 Å². The Morgan fingerprint density at radius 3 is 2.34 bits per heavy atom. The molecule has 2 fully saturated rings. The second-order valence-corrected chi connectivity index (χ2v) is 10.5. The fourth-order valence-corrected chi connectivity index (χ4v) is 5.21. The molecule has 0 N–H and O–H groups in total. The van der Waals surface area contributed by atoms with Gasteiger partial charge in [0.2, 0.25) is 0 Å². The van der Waals surface area contributed by atoms with Gasteiger partial charge in [-0.15, -0.1) is 0 Å². The average molecular weight is 471 g/mol. The van der Waals surface area contributed by atoms with E-state index >= 15 is 0 Å². The van der Waals surface area contributed by atoms with Crippen molar-refractivity contribution in [2.24, 2.45) is 5.92 Å². The van der Waals surface area contributed by atoms with Gasteiger partial charge in [-0.25, -0.2) is 9.50 Å². The van der Waals surface area contributed by atoms with Crippen LogP contribution in [0.15, 0.2) is 49.1 Å². The van der Waals surface area contributed by atoms with Crippen LogP contribution < -0.4 is 4.90 Å². The third kappa shape index (κ3) is 5.48. The molecule has 0 bridgehead atoms. The summed E-state index contributed by atoms with van der Waals surface area (Å²) in [4.78, 5) is 14.0. The Hall–Kier alpha value is -2.99. The zero-order valence-corrected chi connectivity index (χ0v) is 21.5. The summed E-state index contributed by atoms with van der Waals surface area (Å²) < 4.78 is 1.88. The van der Waals surface area contributed by atoms with Gasteiger partial charge < -0.3 is 9.80 Å². The molecule has 2 aliphatic heterocycles. The van der Waals surface area contributed by atoms with Crippen molar-refractivity contribution < 1.29 is 0 Å². The van der Waals surface area contributed by atoms with Gasteiger partial charge in [0.05, 0.1) is 29.8 Å². The zero-order valence-electron chi connectivity index (χ0n) is 21.5. The highest BCUT2D eigenvalue weighted by atomic mass is 15.3. The van der Waals surface area contributed by atoms with Gasteiger partial charge in [-0.3, -0.25) is 4.98 Å². The SMILES string of the molecule is CN1CCCCCCCC1.Cc1ccc2nccc(-c3cnn4cc(N5CC(C)C5)cnc34)c2c1. The summed E-state index contributed by atoms with van der Waals surface area (Å²) in [6.45, 7) is 9.20. The molecule has 1 aromatic carbocycles. The van der Waals surface area contributed by atoms with Crippen LogP contribution in [0.25, 0.3) is 27.7 Å². The Morgan fingerprint density at radius 2 is 1.60 bits per heavy atom. The summed E-state index contributed by atoms with van der Waals surface area (Å²) in [5.74, 6) is 0.760. The summed E-state index contributed by atoms with van der Waals surface area (Å²) in [7, 11) is 2.24. The van der Waals surface area contributed by atoms with E-state index in [2.05, 4.69) is 65.2 Å². The van der Waals surface area contributed by atoms with Crippen molar-refractivity contribution in [2.75, 3.05) is 38.1 Å². The van der Waals surface area contributed by atoms with Gasteiger partial charge in [-0.05, 0) is 69.6 Å². The predicted molar refractivity (Wildman–Crippen MR) is 145 cm³/mol. The quantitative estimate of drug-likeness (QED) is 0.361. The van der Waals surface area contributed by atoms with E-state index in [9.17, 15) is 0 Å². The van der Waals surface area contributed by atoms with Gasteiger partial charge in [0.25, 0.3) is 0 Å². The number of pyridine rings is 1. The highest BCUT2D eigenvalue weighted by Crippen LogP contribution is 2.31. The Bertz CT molecular complexity index is 1260. The molecular formula is C29H38N6. The van der Waals surface area contributed by atoms with Crippen molar-refractivity contribution in [3.05, 3.63) is 54.6 Å². The molecule has 6 nitrogen and oxygen atoms in total. The first-order chi connectivity index (χ1) is 17.1. The van der Waals surface area contributed by atoms with Crippen LogP contribution in [0.2, 0.25) is 0 Å². The molecule has 35 heavy (non-hydrogen) atoms. The Kier molecular flexibility index (Phi) is 7.28. The number of anilines is 1. The van der Waals surface area contributed by atoms with Crippen molar-refractivity contribution >= 4 is 22.2 Å². The molecule has 0 saturated carbocycles. The molecule has 4 aromatic rings. The molecule has 184 valence electrons. The van der Waals surface area contributed by atoms with E-state index in [1.54, 1.807) is 0 Å². The average Bonchev–Trinajstić information content (AvgIpc) is 3.30. The number of rotatable bonds is 2. The molecule has 5 heterocycles. The number of fused-ring (bicyclic) bond motifs is 2. The molecule has 2 aliphatic rings. The van der Waals surface area contributed by atoms with Crippen LogP contribution in [0, 0.1) is 12.8 Å². The molecule has 6 heteroatoms. The van der Waals surface area contributed by atoms with Crippen molar-refractivity contribution in [3.63, 3.8) is 0 Å². The van der Waals surface area contributed by atoms with Crippen molar-refractivity contribution in [1.29, 1.82) is 0 Å². The lowest BCUT2D eigenvalue weighted by Gasteiger charge is -2.38. The first-order valence-corrected chi connectivity index (χ1v) is 13.2. The standard InChI is InChI=1S/C20H19N5.C9H19N/c1-13-3-4-19-17(7-13)16(5-6-21-19)18-9-23-25-12-15(8-22-20(18)25)24-10-14(2)11-24;1-10-8-6-4-2-3-5-7-9-10/h3-9,12,14H,10-11H2,1-2H3;2-9H2,1H3. The van der Waals surface area contributed by atoms with Crippen molar-refractivity contribution in [2.45, 2.75) is 52.4 Å². The van der Waals surface area contributed by atoms with E-state index in [1.165, 1.54) is 57.2 Å². The van der Waals surface area contributed by atoms with Gasteiger partial charge in [0, 0.05) is 30.2 Å². The molecule has 0 radical (unpaired) electrons. The lowest BCUT2D eigenvalue weighted by atomic mass is 10.0. The Balaban J connectivity index is 0.000000214. The highest BCUT2D eigenvalue weighted by molar-refractivity contribution is 5.97. The summed E-state index contributed by atoms with van der Waals surface area (Å²) in [6.07, 6.45) is 16.4. The second kappa shape index (κ2) is 10.7. The minimum atomic E-state index is 0.760. The van der Waals surface area contributed by atoms with Crippen LogP contribution in [0.1, 0.15) is 51.0 Å². The molecule has 6 rings (SSSR count). The first kappa shape index (κ1) is 23.7. The smallest absolute Gasteiger partial charge is 0.162 e. The Morgan fingerprint density at radius 1 is 0.857 bits per heavy atom. The van der Waals surface area contributed by atoms with Gasteiger partial charge in [-0.1, -0.05) is 44.2 Å². The van der Waals surface area contributed by atoms with Crippen LogP contribution in [0.3, 0.4) is 0 Å². The highest BCUT2D eigenvalue weighted by Gasteiger charge is 2.23. The summed E-state index contributed by atoms with van der Waals surface area (Å²) in [5, 5.41) is 5.69. The third-order valence-electron chi connectivity index (χ3n) is 7.29. The lowest BCUT2D eigenvalue weighted by Crippen LogP contribution is -2.45. The number of hydrogen-bond acceptors (Lipinski definition) is 5. The van der Waals surface area contributed by atoms with Crippen molar-refractivity contribution in [3.8, 4) is 11.1 Å². The fraction of sp³-hybridized carbons (Fsp3) is 0.483. The van der Waals surface area contributed by atoms with Crippen LogP contribution >= 0.6 is 0 Å². The molecule has 2 saturated heterocycles. The van der Waals surface area contributed by atoms with Crippen LogP contribution in [-0.4, -0.2) is 57.7 Å². The molecule has 0 spiro atoms. The number of benzene rings is 1. The maximum absolute atomic E-state index is 4.71. The van der Waals surface area contributed by atoms with Gasteiger partial charge in [0.1, 0.15) is 0 Å². The molecule has 0 unspecified atom stereocenters. The van der Waals surface area contributed by atoms with Crippen LogP contribution in [0.4, 0.5) is 5.69 Å². The molecule has 0 amide bonds. The summed E-state index contributed by atoms with van der Waals surface area (Å²) in [6, 6.07) is 8.38. The first-order valence-electron chi connectivity index (χ1n) is 13.2. The largest absolute Gasteiger partial charge is 0.368 e. The normalized spacial score (nSPS) is 17.9. The third-order valence-corrected chi connectivity index (χ3v) is 7.29. The minimum absolute atomic E-state index is 0.760. The number of hydrogen-bond donors (Lipinski definition) is 0. The molecule has 0 atom stereocenters. The van der Waals surface area contributed by atoms with Crippen LogP contribution in [-0.2, 0) is 0 Å². The van der Waals surface area contributed by atoms with Gasteiger partial charge in [0.15, 0.2) is 5.65 Å². The van der Waals surface area contributed by atoms with E-state index < -0.39 is 0 Å². The summed E-state index contributed by atoms with van der Waals surface area (Å²) in [5.41, 5.74) is 6.40. The minimum Gasteiger partial charge on any atom is -0.368 e.